The minimum Gasteiger partial charge on any atom is -0.511 e. The lowest BCUT2D eigenvalue weighted by atomic mass is 9.65. The lowest BCUT2D eigenvalue weighted by Crippen LogP contribution is -2.42. The third-order valence-electron chi connectivity index (χ3n) is 7.71. The average molecular weight is 583 g/mol. The summed E-state index contributed by atoms with van der Waals surface area (Å²) >= 11 is 0. The molecule has 2 rings (SSSR count). The second kappa shape index (κ2) is 13.6. The summed E-state index contributed by atoms with van der Waals surface area (Å²) in [6, 6.07) is 0. The van der Waals surface area contributed by atoms with E-state index in [0.717, 1.165) is 23.1 Å². The molecular weight excluding hydrogens is 535 g/mol. The van der Waals surface area contributed by atoms with Crippen LogP contribution in [0.1, 0.15) is 87.5 Å². The number of carbonyl (C=O) groups is 2. The van der Waals surface area contributed by atoms with Gasteiger partial charge in [-0.2, -0.15) is 0 Å². The molecule has 0 radical (unpaired) electrons. The fourth-order valence-corrected chi connectivity index (χ4v) is 5.38. The lowest BCUT2D eigenvalue weighted by molar-refractivity contribution is -0.129. The van der Waals surface area contributed by atoms with Gasteiger partial charge >= 0.3 is 7.82 Å². The molecule has 0 amide bonds. The van der Waals surface area contributed by atoms with Crippen molar-refractivity contribution >= 4 is 19.4 Å². The topological polar surface area (TPSA) is 173 Å². The largest absolute Gasteiger partial charge is 0.511 e. The van der Waals surface area contributed by atoms with Crippen LogP contribution in [-0.4, -0.2) is 47.2 Å². The molecule has 3 atom stereocenters. The highest BCUT2D eigenvalue weighted by molar-refractivity contribution is 7.45. The zero-order chi connectivity index (χ0) is 31.4. The van der Waals surface area contributed by atoms with Crippen LogP contribution in [0.2, 0.25) is 0 Å². The summed E-state index contributed by atoms with van der Waals surface area (Å²) in [7, 11) is -4.64. The van der Waals surface area contributed by atoms with Crippen LogP contribution in [0.3, 0.4) is 0 Å². The molecule has 0 aromatic carbocycles. The molecule has 1 saturated carbocycles. The highest BCUT2D eigenvalue weighted by Gasteiger charge is 2.52. The number of aliphatic hydroxyl groups is 3. The molecule has 1 fully saturated rings. The molecule has 0 spiro atoms. The SMILES string of the molecule is C=C(C)[C@@H]1CC[C@@](C)(O)[C@@H]1CC1=C(O)C(CC=C(C)C)(CC=C(C)C)C(=O)C(C(=O)C(C)C)=C1O.O=P(O)(O)O. The third-order valence-corrected chi connectivity index (χ3v) is 7.71. The van der Waals surface area contributed by atoms with Gasteiger partial charge in [0.25, 0.3) is 0 Å². The van der Waals surface area contributed by atoms with Gasteiger partial charge in [0.15, 0.2) is 11.6 Å². The van der Waals surface area contributed by atoms with Gasteiger partial charge in [-0.1, -0.05) is 49.3 Å². The van der Waals surface area contributed by atoms with Gasteiger partial charge in [-0.3, -0.25) is 9.59 Å². The summed E-state index contributed by atoms with van der Waals surface area (Å²) in [6.45, 7) is 18.9. The minimum absolute atomic E-state index is 0.00458. The fraction of sp³-hybridized carbons (Fsp3) is 0.600. The van der Waals surface area contributed by atoms with Gasteiger partial charge in [0, 0.05) is 11.5 Å². The first-order chi connectivity index (χ1) is 18.1. The van der Waals surface area contributed by atoms with Crippen molar-refractivity contribution in [1.82, 2.24) is 0 Å². The third kappa shape index (κ3) is 8.85. The summed E-state index contributed by atoms with van der Waals surface area (Å²) in [5.41, 5.74) is 0.448. The molecule has 0 bridgehead atoms. The summed E-state index contributed by atoms with van der Waals surface area (Å²) in [4.78, 5) is 48.8. The van der Waals surface area contributed by atoms with Crippen molar-refractivity contribution in [2.75, 3.05) is 0 Å². The van der Waals surface area contributed by atoms with Crippen LogP contribution in [0.5, 0.6) is 0 Å². The van der Waals surface area contributed by atoms with Crippen LogP contribution in [0.4, 0.5) is 0 Å². The van der Waals surface area contributed by atoms with Gasteiger partial charge in [0.05, 0.1) is 11.0 Å². The number of hydrogen-bond acceptors (Lipinski definition) is 6. The first kappa shape index (κ1) is 35.7. The Labute approximate surface area is 238 Å². The number of allylic oxidation sites excluding steroid dienone is 8. The second-order valence-electron chi connectivity index (χ2n) is 12.1. The van der Waals surface area contributed by atoms with Gasteiger partial charge in [-0.05, 0) is 85.5 Å². The first-order valence-corrected chi connectivity index (χ1v) is 15.0. The zero-order valence-electron chi connectivity index (χ0n) is 25.0. The van der Waals surface area contributed by atoms with E-state index in [0.29, 0.717) is 6.42 Å². The Hall–Kier alpha value is -2.29. The van der Waals surface area contributed by atoms with Gasteiger partial charge in [0.2, 0.25) is 0 Å². The number of carbonyl (C=O) groups excluding carboxylic acids is 2. The van der Waals surface area contributed by atoms with E-state index in [1.54, 1.807) is 20.8 Å². The van der Waals surface area contributed by atoms with Gasteiger partial charge in [-0.25, -0.2) is 4.57 Å². The number of phosphoric acid groups is 1. The van der Waals surface area contributed by atoms with Crippen molar-refractivity contribution in [1.29, 1.82) is 0 Å². The van der Waals surface area contributed by atoms with Gasteiger partial charge in [-0.15, -0.1) is 0 Å². The molecule has 10 heteroatoms. The van der Waals surface area contributed by atoms with E-state index >= 15 is 0 Å². The van der Waals surface area contributed by atoms with Crippen LogP contribution in [0.25, 0.3) is 0 Å². The second-order valence-corrected chi connectivity index (χ2v) is 13.2. The maximum absolute atomic E-state index is 14.0. The Morgan fingerprint density at radius 3 is 1.88 bits per heavy atom. The number of aliphatic hydroxyl groups excluding tert-OH is 2. The number of rotatable bonds is 9. The molecule has 6 N–H and O–H groups in total. The highest BCUT2D eigenvalue weighted by atomic mass is 31.2. The van der Waals surface area contributed by atoms with E-state index in [1.807, 2.05) is 46.8 Å². The van der Waals surface area contributed by atoms with Gasteiger partial charge in [0.1, 0.15) is 17.1 Å². The molecule has 226 valence electrons. The standard InChI is InChI=1S/C30H44O5.H3O4P/c1-17(2)10-14-30(15-11-18(3)4)27(33)22(26(32)24(28(30)34)25(31)20(7)8)16-23-21(19(5)6)12-13-29(23,9)35;1-5(2,3)4/h10-11,20-21,23,32-33,35H,5,12-16H2,1-4,6-9H3;(H3,1,2,3,4)/t21-,23+,29+;/m0./s1. The Bertz CT molecular complexity index is 1140. The maximum Gasteiger partial charge on any atom is 0.466 e. The first-order valence-electron chi connectivity index (χ1n) is 13.4. The van der Waals surface area contributed by atoms with Crippen LogP contribution >= 0.6 is 7.82 Å². The Morgan fingerprint density at radius 2 is 1.50 bits per heavy atom. The van der Waals surface area contributed by atoms with Crippen LogP contribution in [-0.2, 0) is 14.2 Å². The van der Waals surface area contributed by atoms with Crippen LogP contribution in [0.15, 0.2) is 58.1 Å². The Morgan fingerprint density at radius 1 is 1.05 bits per heavy atom. The molecule has 0 heterocycles. The summed E-state index contributed by atoms with van der Waals surface area (Å²) in [5, 5.41) is 34.2. The van der Waals surface area contributed by atoms with Crippen molar-refractivity contribution in [3.05, 3.63) is 58.1 Å². The predicted octanol–water partition coefficient (Wildman–Crippen LogP) is 5.93. The summed E-state index contributed by atoms with van der Waals surface area (Å²) < 4.78 is 8.88. The van der Waals surface area contributed by atoms with Crippen molar-refractivity contribution < 1.29 is 44.2 Å². The molecule has 0 aromatic rings. The Balaban J connectivity index is 0.00000146. The van der Waals surface area contributed by atoms with Crippen molar-refractivity contribution in [3.63, 3.8) is 0 Å². The number of hydrogen-bond donors (Lipinski definition) is 6. The van der Waals surface area contributed by atoms with Crippen molar-refractivity contribution in [2.45, 2.75) is 93.1 Å². The molecule has 9 nitrogen and oxygen atoms in total. The van der Waals surface area contributed by atoms with E-state index in [4.69, 9.17) is 19.2 Å². The molecule has 2 aliphatic carbocycles. The van der Waals surface area contributed by atoms with Crippen molar-refractivity contribution in [3.8, 4) is 0 Å². The van der Waals surface area contributed by atoms with E-state index in [1.165, 1.54) is 0 Å². The van der Waals surface area contributed by atoms with E-state index in [2.05, 4.69) is 6.58 Å². The fourth-order valence-electron chi connectivity index (χ4n) is 5.38. The highest BCUT2D eigenvalue weighted by Crippen LogP contribution is 2.52. The zero-order valence-corrected chi connectivity index (χ0v) is 25.9. The summed E-state index contributed by atoms with van der Waals surface area (Å²) in [5.74, 6) is -2.43. The quantitative estimate of drug-likeness (QED) is 0.109. The van der Waals surface area contributed by atoms with E-state index < -0.39 is 42.1 Å². The normalized spacial score (nSPS) is 24.5. The molecule has 0 aliphatic heterocycles. The maximum atomic E-state index is 14.0. The number of ketones is 2. The number of Topliss-reactive ketones (excluding diaryl/α,β-unsaturated/α-hetero) is 2. The Kier molecular flexibility index (Phi) is 12.1. The smallest absolute Gasteiger partial charge is 0.466 e. The molecule has 0 aromatic heterocycles. The predicted molar refractivity (Wildman–Crippen MR) is 155 cm³/mol. The van der Waals surface area contributed by atoms with Crippen LogP contribution < -0.4 is 0 Å². The monoisotopic (exact) mass is 582 g/mol. The van der Waals surface area contributed by atoms with Crippen LogP contribution in [0, 0.1) is 23.2 Å². The molecular formula is C30H47O9P. The molecule has 40 heavy (non-hydrogen) atoms. The van der Waals surface area contributed by atoms with E-state index in [9.17, 15) is 24.9 Å². The molecule has 0 unspecified atom stereocenters. The molecule has 0 saturated heterocycles. The average Bonchev–Trinajstić information content (AvgIpc) is 3.09. The molecule has 2 aliphatic rings. The summed E-state index contributed by atoms with van der Waals surface area (Å²) in [6.07, 6.45) is 5.68. The minimum atomic E-state index is -4.64. The van der Waals surface area contributed by atoms with E-state index in [-0.39, 0.29) is 48.0 Å². The van der Waals surface area contributed by atoms with Crippen molar-refractivity contribution in [2.24, 2.45) is 23.2 Å². The van der Waals surface area contributed by atoms with Gasteiger partial charge < -0.3 is 30.0 Å². The lowest BCUT2D eigenvalue weighted by Gasteiger charge is -2.38.